The van der Waals surface area contributed by atoms with Crippen LogP contribution in [-0.4, -0.2) is 51.3 Å². The van der Waals surface area contributed by atoms with E-state index in [9.17, 15) is 18.0 Å². The van der Waals surface area contributed by atoms with E-state index in [1.807, 2.05) is 31.2 Å². The van der Waals surface area contributed by atoms with Gasteiger partial charge in [-0.3, -0.25) is 4.79 Å². The highest BCUT2D eigenvalue weighted by molar-refractivity contribution is 7.89. The lowest BCUT2D eigenvalue weighted by Crippen LogP contribution is -2.43. The van der Waals surface area contributed by atoms with E-state index in [0.29, 0.717) is 18.4 Å². The molecule has 0 atom stereocenters. The number of anilines is 1. The molecule has 1 heterocycles. The highest BCUT2D eigenvalue weighted by Gasteiger charge is 2.33. The molecule has 0 bridgehead atoms. The van der Waals surface area contributed by atoms with Crippen LogP contribution in [0.4, 0.5) is 5.69 Å². The number of nitrogens with zero attached hydrogens (tertiary/aromatic N) is 2. The van der Waals surface area contributed by atoms with E-state index in [1.165, 1.54) is 28.6 Å². The summed E-state index contributed by atoms with van der Waals surface area (Å²) in [4.78, 5) is 26.4. The van der Waals surface area contributed by atoms with Gasteiger partial charge in [0.1, 0.15) is 0 Å². The summed E-state index contributed by atoms with van der Waals surface area (Å²) in [7, 11) is -1.94. The summed E-state index contributed by atoms with van der Waals surface area (Å²) in [5.74, 6) is -0.702. The van der Waals surface area contributed by atoms with E-state index < -0.39 is 16.0 Å². The van der Waals surface area contributed by atoms with Gasteiger partial charge in [-0.2, -0.15) is 4.31 Å². The first-order valence-electron chi connectivity index (χ1n) is 10.4. The third-order valence-corrected chi connectivity index (χ3v) is 7.47. The van der Waals surface area contributed by atoms with Gasteiger partial charge in [-0.1, -0.05) is 17.7 Å². The van der Waals surface area contributed by atoms with Crippen LogP contribution in [0.3, 0.4) is 0 Å². The van der Waals surface area contributed by atoms with Gasteiger partial charge < -0.3 is 9.64 Å². The van der Waals surface area contributed by atoms with Gasteiger partial charge in [-0.15, -0.1) is 0 Å². The number of amides is 1. The van der Waals surface area contributed by atoms with Crippen LogP contribution in [0.15, 0.2) is 53.4 Å². The van der Waals surface area contributed by atoms with Crippen LogP contribution in [0.25, 0.3) is 0 Å². The largest absolute Gasteiger partial charge is 0.462 e. The third kappa shape index (κ3) is 5.14. The molecule has 3 rings (SSSR count). The maximum Gasteiger partial charge on any atom is 0.338 e. The van der Waals surface area contributed by atoms with Crippen molar-refractivity contribution < 1.29 is 22.7 Å². The molecular weight excluding hydrogens is 416 g/mol. The summed E-state index contributed by atoms with van der Waals surface area (Å²) in [6.07, 6.45) is 0.935. The Morgan fingerprint density at radius 2 is 1.61 bits per heavy atom. The Hall–Kier alpha value is -2.71. The number of hydrogen-bond acceptors (Lipinski definition) is 5. The van der Waals surface area contributed by atoms with Gasteiger partial charge in [0.05, 0.1) is 17.1 Å². The molecule has 2 aromatic rings. The summed E-state index contributed by atoms with van der Waals surface area (Å²) in [6.45, 7) is 4.52. The van der Waals surface area contributed by atoms with Gasteiger partial charge in [0.15, 0.2) is 0 Å². The first-order valence-corrected chi connectivity index (χ1v) is 11.8. The smallest absolute Gasteiger partial charge is 0.338 e. The van der Waals surface area contributed by atoms with Crippen LogP contribution in [0, 0.1) is 12.8 Å². The number of piperidine rings is 1. The molecular formula is C23H28N2O5S. The van der Waals surface area contributed by atoms with Crippen molar-refractivity contribution in [2.75, 3.05) is 31.6 Å². The lowest BCUT2D eigenvalue weighted by molar-refractivity contribution is -0.123. The number of benzene rings is 2. The Labute approximate surface area is 183 Å². The maximum atomic E-state index is 13.0. The standard InChI is InChI=1S/C23H28N2O5S/c1-4-30-23(27)19-7-11-21(12-8-19)31(28,29)25-15-13-18(14-16-25)22(26)24(3)20-9-5-17(2)6-10-20/h5-12,18H,4,13-16H2,1-3H3. The third-order valence-electron chi connectivity index (χ3n) is 5.56. The van der Waals surface area contributed by atoms with Gasteiger partial charge in [-0.25, -0.2) is 13.2 Å². The molecule has 8 heteroatoms. The van der Waals surface area contributed by atoms with Crippen molar-refractivity contribution in [2.45, 2.75) is 31.6 Å². The van der Waals surface area contributed by atoms with Crippen LogP contribution in [0.1, 0.15) is 35.7 Å². The predicted octanol–water partition coefficient (Wildman–Crippen LogP) is 3.24. The first kappa shape index (κ1) is 23.0. The van der Waals surface area contributed by atoms with Gasteiger partial charge in [0, 0.05) is 31.7 Å². The van der Waals surface area contributed by atoms with Gasteiger partial charge >= 0.3 is 5.97 Å². The van der Waals surface area contributed by atoms with Crippen molar-refractivity contribution in [3.63, 3.8) is 0 Å². The lowest BCUT2D eigenvalue weighted by atomic mass is 9.96. The Bertz CT molecular complexity index is 1020. The molecule has 0 unspecified atom stereocenters. The normalized spacial score (nSPS) is 15.5. The van der Waals surface area contributed by atoms with Crippen molar-refractivity contribution in [3.05, 3.63) is 59.7 Å². The number of esters is 1. The van der Waals surface area contributed by atoms with E-state index in [-0.39, 0.29) is 36.4 Å². The second kappa shape index (κ2) is 9.62. The average Bonchev–Trinajstić information content (AvgIpc) is 2.79. The highest BCUT2D eigenvalue weighted by atomic mass is 32.2. The molecule has 0 spiro atoms. The molecule has 31 heavy (non-hydrogen) atoms. The lowest BCUT2D eigenvalue weighted by Gasteiger charge is -2.32. The number of hydrogen-bond donors (Lipinski definition) is 0. The Balaban J connectivity index is 1.63. The fourth-order valence-corrected chi connectivity index (χ4v) is 5.11. The van der Waals surface area contributed by atoms with E-state index in [4.69, 9.17) is 4.74 Å². The van der Waals surface area contributed by atoms with E-state index in [1.54, 1.807) is 18.9 Å². The van der Waals surface area contributed by atoms with E-state index in [0.717, 1.165) is 11.3 Å². The Morgan fingerprint density at radius 3 is 2.16 bits per heavy atom. The van der Waals surface area contributed by atoms with Gasteiger partial charge in [0.25, 0.3) is 0 Å². The summed E-state index contributed by atoms with van der Waals surface area (Å²) >= 11 is 0. The van der Waals surface area contributed by atoms with E-state index >= 15 is 0 Å². The predicted molar refractivity (Wildman–Crippen MR) is 118 cm³/mol. The zero-order valence-corrected chi connectivity index (χ0v) is 18.9. The number of sulfonamides is 1. The summed E-state index contributed by atoms with van der Waals surface area (Å²) in [5, 5.41) is 0. The fourth-order valence-electron chi connectivity index (χ4n) is 3.64. The number of rotatable bonds is 6. The minimum absolute atomic E-state index is 0.000287. The minimum Gasteiger partial charge on any atom is -0.462 e. The van der Waals surface area contributed by atoms with Crippen molar-refractivity contribution >= 4 is 27.6 Å². The molecule has 0 saturated carbocycles. The second-order valence-corrected chi connectivity index (χ2v) is 9.59. The molecule has 1 aliphatic heterocycles. The molecule has 0 aliphatic carbocycles. The average molecular weight is 445 g/mol. The number of carbonyl (C=O) groups excluding carboxylic acids is 2. The molecule has 1 saturated heterocycles. The zero-order chi connectivity index (χ0) is 22.6. The summed E-state index contributed by atoms with van der Waals surface area (Å²) in [5.41, 5.74) is 2.26. The van der Waals surface area contributed by atoms with Crippen molar-refractivity contribution in [1.82, 2.24) is 4.31 Å². The Kier molecular flexibility index (Phi) is 7.12. The fraction of sp³-hybridized carbons (Fsp3) is 0.391. The number of ether oxygens (including phenoxy) is 1. The van der Waals surface area contributed by atoms with Crippen LogP contribution in [-0.2, 0) is 19.6 Å². The van der Waals surface area contributed by atoms with E-state index in [2.05, 4.69) is 0 Å². The highest BCUT2D eigenvalue weighted by Crippen LogP contribution is 2.27. The van der Waals surface area contributed by atoms with Crippen molar-refractivity contribution in [1.29, 1.82) is 0 Å². The van der Waals surface area contributed by atoms with Crippen LogP contribution in [0.2, 0.25) is 0 Å². The SMILES string of the molecule is CCOC(=O)c1ccc(S(=O)(=O)N2CCC(C(=O)N(C)c3ccc(C)cc3)CC2)cc1. The van der Waals surface area contributed by atoms with Crippen LogP contribution < -0.4 is 4.90 Å². The van der Waals surface area contributed by atoms with Gasteiger partial charge in [-0.05, 0) is 63.1 Å². The second-order valence-electron chi connectivity index (χ2n) is 7.66. The summed E-state index contributed by atoms with van der Waals surface area (Å²) in [6, 6.07) is 13.5. The molecule has 166 valence electrons. The monoisotopic (exact) mass is 444 g/mol. The molecule has 0 radical (unpaired) electrons. The topological polar surface area (TPSA) is 84.0 Å². The van der Waals surface area contributed by atoms with Crippen molar-refractivity contribution in [3.8, 4) is 0 Å². The molecule has 1 aliphatic rings. The van der Waals surface area contributed by atoms with Gasteiger partial charge in [0.2, 0.25) is 15.9 Å². The summed E-state index contributed by atoms with van der Waals surface area (Å²) < 4.78 is 32.3. The zero-order valence-electron chi connectivity index (χ0n) is 18.1. The molecule has 2 aromatic carbocycles. The molecule has 1 amide bonds. The Morgan fingerprint density at radius 1 is 1.03 bits per heavy atom. The van der Waals surface area contributed by atoms with Crippen LogP contribution in [0.5, 0.6) is 0 Å². The number of carbonyl (C=O) groups is 2. The first-order chi connectivity index (χ1) is 14.7. The molecule has 7 nitrogen and oxygen atoms in total. The molecule has 0 aromatic heterocycles. The van der Waals surface area contributed by atoms with Crippen molar-refractivity contribution in [2.24, 2.45) is 5.92 Å². The minimum atomic E-state index is -3.69. The quantitative estimate of drug-likeness (QED) is 0.639. The molecule has 0 N–H and O–H groups in total. The van der Waals surface area contributed by atoms with Crippen LogP contribution >= 0.6 is 0 Å². The molecule has 1 fully saturated rings. The maximum absolute atomic E-state index is 13.0. The number of aryl methyl sites for hydroxylation is 1.